The van der Waals surface area contributed by atoms with Crippen molar-refractivity contribution in [1.82, 2.24) is 5.32 Å². The smallest absolute Gasteiger partial charge is 0.0107 e. The van der Waals surface area contributed by atoms with Gasteiger partial charge in [0.15, 0.2) is 0 Å². The van der Waals surface area contributed by atoms with Gasteiger partial charge in [-0.2, -0.15) is 0 Å². The summed E-state index contributed by atoms with van der Waals surface area (Å²) in [7, 11) is 2.03. The number of nitrogens with one attached hydrogen (secondary N) is 1. The summed E-state index contributed by atoms with van der Waals surface area (Å²) < 4.78 is 0. The highest BCUT2D eigenvalue weighted by Crippen LogP contribution is 2.41. The summed E-state index contributed by atoms with van der Waals surface area (Å²) in [5, 5.41) is 3.22. The van der Waals surface area contributed by atoms with Gasteiger partial charge in [-0.25, -0.2) is 0 Å². The topological polar surface area (TPSA) is 12.0 Å². The summed E-state index contributed by atoms with van der Waals surface area (Å²) in [6, 6.07) is 6.88. The van der Waals surface area contributed by atoms with Crippen LogP contribution in [0.5, 0.6) is 0 Å². The molecule has 1 nitrogen and oxygen atoms in total. The van der Waals surface area contributed by atoms with Gasteiger partial charge in [-0.1, -0.05) is 17.7 Å². The van der Waals surface area contributed by atoms with Crippen LogP contribution in [0.25, 0.3) is 0 Å². The second-order valence-electron chi connectivity index (χ2n) is 4.29. The molecule has 0 spiro atoms. The third-order valence-electron chi connectivity index (χ3n) is 3.02. The standard InChI is InChI=1S/C13H19NS/c1-10-5-6-13-12(8-10)11(9-15-13)4-3-7-14-2/h5-6,8,11,14H,3-4,7,9H2,1-2H3. The lowest BCUT2D eigenvalue weighted by molar-refractivity contribution is 0.614. The Kier molecular flexibility index (Phi) is 3.71. The Morgan fingerprint density at radius 1 is 1.47 bits per heavy atom. The van der Waals surface area contributed by atoms with E-state index >= 15 is 0 Å². The zero-order valence-corrected chi connectivity index (χ0v) is 10.4. The number of thioether (sulfide) groups is 1. The van der Waals surface area contributed by atoms with Crippen molar-refractivity contribution in [3.8, 4) is 0 Å². The number of hydrogen-bond acceptors (Lipinski definition) is 2. The highest BCUT2D eigenvalue weighted by Gasteiger charge is 2.22. The molecule has 1 aliphatic rings. The summed E-state index contributed by atoms with van der Waals surface area (Å²) in [5.74, 6) is 2.07. The molecule has 1 heterocycles. The normalized spacial score (nSPS) is 19.2. The second kappa shape index (κ2) is 5.04. The number of hydrogen-bond donors (Lipinski definition) is 1. The molecule has 1 aromatic rings. The molecule has 0 saturated heterocycles. The molecule has 15 heavy (non-hydrogen) atoms. The third kappa shape index (κ3) is 2.56. The largest absolute Gasteiger partial charge is 0.320 e. The van der Waals surface area contributed by atoms with Crippen LogP contribution < -0.4 is 5.32 Å². The van der Waals surface area contributed by atoms with Crippen LogP contribution in [0.1, 0.15) is 29.9 Å². The molecule has 1 aromatic carbocycles. The van der Waals surface area contributed by atoms with Gasteiger partial charge >= 0.3 is 0 Å². The molecule has 0 aromatic heterocycles. The Morgan fingerprint density at radius 2 is 2.33 bits per heavy atom. The average molecular weight is 221 g/mol. The predicted molar refractivity (Wildman–Crippen MR) is 67.8 cm³/mol. The highest BCUT2D eigenvalue weighted by atomic mass is 32.2. The summed E-state index contributed by atoms with van der Waals surface area (Å²) >= 11 is 2.02. The molecule has 82 valence electrons. The van der Waals surface area contributed by atoms with Gasteiger partial charge in [0.25, 0.3) is 0 Å². The van der Waals surface area contributed by atoms with Crippen molar-refractivity contribution in [1.29, 1.82) is 0 Å². The summed E-state index contributed by atoms with van der Waals surface area (Å²) in [4.78, 5) is 1.51. The number of aryl methyl sites for hydroxylation is 1. The molecule has 0 fully saturated rings. The van der Waals surface area contributed by atoms with Gasteiger partial charge in [0.2, 0.25) is 0 Å². The lowest BCUT2D eigenvalue weighted by atomic mass is 9.95. The summed E-state index contributed by atoms with van der Waals surface area (Å²) in [5.41, 5.74) is 2.99. The molecule has 1 N–H and O–H groups in total. The molecule has 0 bridgehead atoms. The van der Waals surface area contributed by atoms with E-state index in [2.05, 4.69) is 30.4 Å². The number of benzene rings is 1. The van der Waals surface area contributed by atoms with Crippen molar-refractivity contribution < 1.29 is 0 Å². The fourth-order valence-electron chi connectivity index (χ4n) is 2.16. The predicted octanol–water partition coefficient (Wildman–Crippen LogP) is 3.18. The number of fused-ring (bicyclic) bond motifs is 1. The van der Waals surface area contributed by atoms with Gasteiger partial charge in [0.05, 0.1) is 0 Å². The van der Waals surface area contributed by atoms with E-state index < -0.39 is 0 Å². The van der Waals surface area contributed by atoms with E-state index in [0.29, 0.717) is 0 Å². The molecule has 1 unspecified atom stereocenters. The van der Waals surface area contributed by atoms with E-state index in [-0.39, 0.29) is 0 Å². The monoisotopic (exact) mass is 221 g/mol. The quantitative estimate of drug-likeness (QED) is 0.784. The Labute approximate surface area is 96.7 Å². The van der Waals surface area contributed by atoms with E-state index in [1.54, 1.807) is 5.56 Å². The molecular formula is C13H19NS. The first-order valence-electron chi connectivity index (χ1n) is 5.69. The Balaban J connectivity index is 2.03. The van der Waals surface area contributed by atoms with Crippen LogP contribution >= 0.6 is 11.8 Å². The summed E-state index contributed by atoms with van der Waals surface area (Å²) in [6.45, 7) is 3.33. The molecular weight excluding hydrogens is 202 g/mol. The molecule has 0 aliphatic carbocycles. The van der Waals surface area contributed by atoms with Crippen LogP contribution in [0.4, 0.5) is 0 Å². The maximum Gasteiger partial charge on any atom is 0.0107 e. The molecule has 2 heteroatoms. The van der Waals surface area contributed by atoms with Gasteiger partial charge in [-0.3, -0.25) is 0 Å². The molecule has 0 amide bonds. The van der Waals surface area contributed by atoms with Crippen molar-refractivity contribution >= 4 is 11.8 Å². The maximum absolute atomic E-state index is 3.22. The SMILES string of the molecule is CNCCCC1CSc2ccc(C)cc21. The third-order valence-corrected chi connectivity index (χ3v) is 4.28. The lowest BCUT2D eigenvalue weighted by Gasteiger charge is -2.10. The molecule has 1 atom stereocenters. The fourth-order valence-corrected chi connectivity index (χ4v) is 3.45. The Hall–Kier alpha value is -0.470. The minimum atomic E-state index is 0.790. The lowest BCUT2D eigenvalue weighted by Crippen LogP contribution is -2.09. The van der Waals surface area contributed by atoms with Crippen LogP contribution in [-0.2, 0) is 0 Å². The molecule has 1 aliphatic heterocycles. The van der Waals surface area contributed by atoms with Gasteiger partial charge < -0.3 is 5.32 Å². The first-order valence-corrected chi connectivity index (χ1v) is 6.68. The van der Waals surface area contributed by atoms with Crippen LogP contribution in [0.2, 0.25) is 0 Å². The summed E-state index contributed by atoms with van der Waals surface area (Å²) in [6.07, 6.45) is 2.61. The van der Waals surface area contributed by atoms with Gasteiger partial charge in [0, 0.05) is 10.6 Å². The van der Waals surface area contributed by atoms with Crippen molar-refractivity contribution in [3.63, 3.8) is 0 Å². The van der Waals surface area contributed by atoms with Crippen molar-refractivity contribution in [2.24, 2.45) is 0 Å². The number of rotatable bonds is 4. The zero-order chi connectivity index (χ0) is 10.7. The van der Waals surface area contributed by atoms with Gasteiger partial charge in [-0.15, -0.1) is 11.8 Å². The minimum absolute atomic E-state index is 0.790. The maximum atomic E-state index is 3.22. The Morgan fingerprint density at radius 3 is 3.13 bits per heavy atom. The second-order valence-corrected chi connectivity index (χ2v) is 5.36. The van der Waals surface area contributed by atoms with E-state index in [9.17, 15) is 0 Å². The first kappa shape index (κ1) is 11.0. The van der Waals surface area contributed by atoms with Crippen LogP contribution in [-0.4, -0.2) is 19.3 Å². The fraction of sp³-hybridized carbons (Fsp3) is 0.538. The van der Waals surface area contributed by atoms with E-state index in [1.807, 2.05) is 18.8 Å². The minimum Gasteiger partial charge on any atom is -0.320 e. The van der Waals surface area contributed by atoms with Crippen LogP contribution in [0, 0.1) is 6.92 Å². The Bertz CT molecular complexity index is 335. The van der Waals surface area contributed by atoms with E-state index in [4.69, 9.17) is 0 Å². The first-order chi connectivity index (χ1) is 7.31. The molecule has 0 radical (unpaired) electrons. The van der Waals surface area contributed by atoms with Gasteiger partial charge in [-0.05, 0) is 50.9 Å². The van der Waals surface area contributed by atoms with E-state index in [0.717, 1.165) is 12.5 Å². The van der Waals surface area contributed by atoms with Crippen LogP contribution in [0.3, 0.4) is 0 Å². The molecule has 2 rings (SSSR count). The van der Waals surface area contributed by atoms with E-state index in [1.165, 1.54) is 29.1 Å². The highest BCUT2D eigenvalue weighted by molar-refractivity contribution is 7.99. The average Bonchev–Trinajstić information content (AvgIpc) is 2.62. The van der Waals surface area contributed by atoms with Crippen molar-refractivity contribution in [2.75, 3.05) is 19.3 Å². The van der Waals surface area contributed by atoms with Crippen LogP contribution in [0.15, 0.2) is 23.1 Å². The van der Waals surface area contributed by atoms with Crippen molar-refractivity contribution in [2.45, 2.75) is 30.6 Å². The van der Waals surface area contributed by atoms with Gasteiger partial charge in [0.1, 0.15) is 0 Å². The zero-order valence-electron chi connectivity index (χ0n) is 9.55. The molecule has 0 saturated carbocycles. The van der Waals surface area contributed by atoms with Crippen molar-refractivity contribution in [3.05, 3.63) is 29.3 Å².